The number of aromatic amines is 1. The number of hydrogen-bond acceptors (Lipinski definition) is 5. The summed E-state index contributed by atoms with van der Waals surface area (Å²) in [4.78, 5) is 41.5. The van der Waals surface area contributed by atoms with Gasteiger partial charge in [0.05, 0.1) is 5.69 Å². The van der Waals surface area contributed by atoms with Crippen LogP contribution in [0.1, 0.15) is 21.6 Å². The van der Waals surface area contributed by atoms with Crippen molar-refractivity contribution in [1.82, 2.24) is 15.3 Å². The van der Waals surface area contributed by atoms with Crippen LogP contribution in [0.4, 0.5) is 10.5 Å². The molecule has 0 spiro atoms. The number of hydrogen-bond donors (Lipinski definition) is 5. The van der Waals surface area contributed by atoms with Crippen LogP contribution in [0.25, 0.3) is 11.4 Å². The van der Waals surface area contributed by atoms with Crippen molar-refractivity contribution in [1.29, 1.82) is 0 Å². The molecule has 9 nitrogen and oxygen atoms in total. The lowest BCUT2D eigenvalue weighted by molar-refractivity contribution is 0.0686. The standard InChI is InChI=1S/C20H18N4O5/c1-11-5-4-6-12(9-11)10-21-20(29)22-14-8-3-2-7-13(14)17-23-15(19(27)28)16(25)18(26)24-17/h2-9,25H,10H2,1H3,(H,27,28)(H2,21,22,29)(H,23,24,26). The van der Waals surface area contributed by atoms with Crippen molar-refractivity contribution in [2.45, 2.75) is 13.5 Å². The van der Waals surface area contributed by atoms with Gasteiger partial charge in [-0.15, -0.1) is 0 Å². The number of carbonyl (C=O) groups excluding carboxylic acids is 1. The summed E-state index contributed by atoms with van der Waals surface area (Å²) >= 11 is 0. The van der Waals surface area contributed by atoms with E-state index in [0.29, 0.717) is 12.2 Å². The van der Waals surface area contributed by atoms with Crippen molar-refractivity contribution in [3.63, 3.8) is 0 Å². The third kappa shape index (κ3) is 4.59. The van der Waals surface area contributed by atoms with Crippen LogP contribution in [-0.4, -0.2) is 32.2 Å². The average molecular weight is 394 g/mol. The molecule has 9 heteroatoms. The summed E-state index contributed by atoms with van der Waals surface area (Å²) in [6.45, 7) is 2.27. The van der Waals surface area contributed by atoms with E-state index in [2.05, 4.69) is 20.6 Å². The van der Waals surface area contributed by atoms with Crippen molar-refractivity contribution in [3.8, 4) is 17.1 Å². The molecule has 0 fully saturated rings. The Morgan fingerprint density at radius 1 is 1.14 bits per heavy atom. The molecular weight excluding hydrogens is 376 g/mol. The number of carboxylic acid groups (broad SMARTS) is 1. The lowest BCUT2D eigenvalue weighted by Crippen LogP contribution is -2.28. The molecule has 0 unspecified atom stereocenters. The number of aryl methyl sites for hydroxylation is 1. The van der Waals surface area contributed by atoms with Crippen LogP contribution >= 0.6 is 0 Å². The largest absolute Gasteiger partial charge is 0.501 e. The first kappa shape index (κ1) is 19.6. The average Bonchev–Trinajstić information content (AvgIpc) is 2.69. The van der Waals surface area contributed by atoms with E-state index < -0.39 is 29.0 Å². The molecule has 2 amide bonds. The van der Waals surface area contributed by atoms with E-state index in [-0.39, 0.29) is 11.4 Å². The van der Waals surface area contributed by atoms with Crippen LogP contribution in [-0.2, 0) is 6.54 Å². The molecule has 3 rings (SSSR count). The van der Waals surface area contributed by atoms with Gasteiger partial charge < -0.3 is 25.8 Å². The Morgan fingerprint density at radius 3 is 2.62 bits per heavy atom. The maximum absolute atomic E-state index is 12.3. The van der Waals surface area contributed by atoms with Gasteiger partial charge in [0.2, 0.25) is 5.75 Å². The van der Waals surface area contributed by atoms with Gasteiger partial charge in [0, 0.05) is 12.1 Å². The molecule has 0 saturated carbocycles. The van der Waals surface area contributed by atoms with Gasteiger partial charge in [-0.2, -0.15) is 0 Å². The van der Waals surface area contributed by atoms with E-state index in [9.17, 15) is 19.5 Å². The Labute approximate surface area is 165 Å². The first-order valence-corrected chi connectivity index (χ1v) is 8.61. The maximum atomic E-state index is 12.3. The summed E-state index contributed by atoms with van der Waals surface area (Å²) in [5.41, 5.74) is 0.835. The van der Waals surface area contributed by atoms with Gasteiger partial charge in [-0.05, 0) is 24.6 Å². The molecule has 0 radical (unpaired) electrons. The SMILES string of the molecule is Cc1cccc(CNC(=O)Nc2ccccc2-c2nc(C(=O)O)c(O)c(=O)[nH]2)c1. The zero-order chi connectivity index (χ0) is 21.0. The molecule has 5 N–H and O–H groups in total. The summed E-state index contributed by atoms with van der Waals surface area (Å²) < 4.78 is 0. The molecule has 0 aliphatic heterocycles. The van der Waals surface area contributed by atoms with Gasteiger partial charge in [0.25, 0.3) is 5.56 Å². The Kier molecular flexibility index (Phi) is 5.59. The lowest BCUT2D eigenvalue weighted by Gasteiger charge is -2.12. The van der Waals surface area contributed by atoms with E-state index >= 15 is 0 Å². The molecule has 0 aliphatic rings. The number of carbonyl (C=O) groups is 2. The molecule has 2 aromatic carbocycles. The number of benzene rings is 2. The fourth-order valence-electron chi connectivity index (χ4n) is 2.71. The zero-order valence-electron chi connectivity index (χ0n) is 15.4. The highest BCUT2D eigenvalue weighted by molar-refractivity contribution is 5.94. The number of amides is 2. The number of para-hydroxylation sites is 1. The number of aromatic carboxylic acids is 1. The number of urea groups is 1. The summed E-state index contributed by atoms with van der Waals surface area (Å²) in [6.07, 6.45) is 0. The van der Waals surface area contributed by atoms with Crippen LogP contribution in [0.3, 0.4) is 0 Å². The first-order valence-electron chi connectivity index (χ1n) is 8.61. The molecule has 0 bridgehead atoms. The summed E-state index contributed by atoms with van der Waals surface area (Å²) in [7, 11) is 0. The van der Waals surface area contributed by atoms with Crippen LogP contribution in [0.15, 0.2) is 53.3 Å². The number of anilines is 1. The lowest BCUT2D eigenvalue weighted by atomic mass is 10.1. The molecule has 148 valence electrons. The van der Waals surface area contributed by atoms with Crippen LogP contribution in [0, 0.1) is 6.92 Å². The highest BCUT2D eigenvalue weighted by Gasteiger charge is 2.19. The number of aromatic nitrogens is 2. The Bertz CT molecular complexity index is 1140. The molecule has 29 heavy (non-hydrogen) atoms. The van der Waals surface area contributed by atoms with E-state index in [4.69, 9.17) is 5.11 Å². The minimum atomic E-state index is -1.55. The summed E-state index contributed by atoms with van der Waals surface area (Å²) in [6, 6.07) is 13.6. The predicted molar refractivity (Wildman–Crippen MR) is 106 cm³/mol. The van der Waals surface area contributed by atoms with Crippen molar-refractivity contribution >= 4 is 17.7 Å². The van der Waals surface area contributed by atoms with Crippen LogP contribution in [0.2, 0.25) is 0 Å². The number of nitrogens with one attached hydrogen (secondary N) is 3. The normalized spacial score (nSPS) is 10.4. The quantitative estimate of drug-likeness (QED) is 0.450. The van der Waals surface area contributed by atoms with Gasteiger partial charge >= 0.3 is 12.0 Å². The minimum absolute atomic E-state index is 0.0974. The van der Waals surface area contributed by atoms with Crippen molar-refractivity contribution in [2.75, 3.05) is 5.32 Å². The third-order valence-corrected chi connectivity index (χ3v) is 4.06. The molecule has 1 heterocycles. The number of aromatic hydroxyl groups is 1. The summed E-state index contributed by atoms with van der Waals surface area (Å²) in [5.74, 6) is -2.63. The van der Waals surface area contributed by atoms with E-state index in [1.807, 2.05) is 31.2 Å². The third-order valence-electron chi connectivity index (χ3n) is 4.06. The second-order valence-electron chi connectivity index (χ2n) is 6.26. The Hall–Kier alpha value is -4.14. The molecule has 3 aromatic rings. The first-order chi connectivity index (χ1) is 13.8. The van der Waals surface area contributed by atoms with Gasteiger partial charge in [0.15, 0.2) is 5.69 Å². The van der Waals surface area contributed by atoms with Gasteiger partial charge in [0.1, 0.15) is 5.82 Å². The fraction of sp³-hybridized carbons (Fsp3) is 0.100. The zero-order valence-corrected chi connectivity index (χ0v) is 15.4. The second kappa shape index (κ2) is 8.26. The number of carboxylic acids is 1. The van der Waals surface area contributed by atoms with Gasteiger partial charge in [-0.25, -0.2) is 14.6 Å². The van der Waals surface area contributed by atoms with E-state index in [1.165, 1.54) is 0 Å². The summed E-state index contributed by atoms with van der Waals surface area (Å²) in [5, 5.41) is 24.1. The molecule has 0 saturated heterocycles. The number of rotatable bonds is 5. The molecule has 1 aromatic heterocycles. The van der Waals surface area contributed by atoms with Crippen molar-refractivity contribution in [2.24, 2.45) is 0 Å². The van der Waals surface area contributed by atoms with Crippen LogP contribution < -0.4 is 16.2 Å². The predicted octanol–water partition coefficient (Wildman–Crippen LogP) is 2.47. The molecule has 0 atom stereocenters. The van der Waals surface area contributed by atoms with E-state index in [0.717, 1.165) is 11.1 Å². The number of H-pyrrole nitrogens is 1. The fourth-order valence-corrected chi connectivity index (χ4v) is 2.71. The Morgan fingerprint density at radius 2 is 1.90 bits per heavy atom. The van der Waals surface area contributed by atoms with Crippen molar-refractivity contribution < 1.29 is 19.8 Å². The molecular formula is C20H18N4O5. The number of nitrogens with zero attached hydrogens (tertiary/aromatic N) is 1. The highest BCUT2D eigenvalue weighted by atomic mass is 16.4. The van der Waals surface area contributed by atoms with Gasteiger partial charge in [-0.1, -0.05) is 42.0 Å². The highest BCUT2D eigenvalue weighted by Crippen LogP contribution is 2.25. The monoisotopic (exact) mass is 394 g/mol. The van der Waals surface area contributed by atoms with Crippen molar-refractivity contribution in [3.05, 3.63) is 75.7 Å². The topological polar surface area (TPSA) is 144 Å². The minimum Gasteiger partial charge on any atom is -0.501 e. The second-order valence-corrected chi connectivity index (χ2v) is 6.26. The Balaban J connectivity index is 1.83. The smallest absolute Gasteiger partial charge is 0.358 e. The van der Waals surface area contributed by atoms with E-state index in [1.54, 1.807) is 24.3 Å². The maximum Gasteiger partial charge on any atom is 0.358 e. The molecule has 0 aliphatic carbocycles. The van der Waals surface area contributed by atoms with Crippen LogP contribution in [0.5, 0.6) is 5.75 Å². The van der Waals surface area contributed by atoms with Gasteiger partial charge in [-0.3, -0.25) is 4.79 Å².